The molecule has 1 aromatic carbocycles. The minimum absolute atomic E-state index is 0.249. The molecule has 0 spiro atoms. The van der Waals surface area contributed by atoms with Gasteiger partial charge >= 0.3 is 6.36 Å². The van der Waals surface area contributed by atoms with Gasteiger partial charge in [-0.3, -0.25) is 0 Å². The summed E-state index contributed by atoms with van der Waals surface area (Å²) in [6.07, 6.45) is -4.67. The van der Waals surface area contributed by atoms with Crippen LogP contribution in [0.15, 0.2) is 41.8 Å². The predicted molar refractivity (Wildman–Crippen MR) is 65.1 cm³/mol. The fourth-order valence-corrected chi connectivity index (χ4v) is 2.54. The topological polar surface area (TPSA) is 9.23 Å². The third-order valence-corrected chi connectivity index (χ3v) is 3.75. The number of hydrogen-bond donors (Lipinski definition) is 0. The number of halogens is 4. The van der Waals surface area contributed by atoms with E-state index in [4.69, 9.17) is 11.6 Å². The van der Waals surface area contributed by atoms with Crippen molar-refractivity contribution in [2.24, 2.45) is 0 Å². The van der Waals surface area contributed by atoms with Crippen molar-refractivity contribution in [2.45, 2.75) is 11.7 Å². The average Bonchev–Trinajstić information content (AvgIpc) is 2.80. The van der Waals surface area contributed by atoms with E-state index < -0.39 is 6.36 Å². The zero-order valence-corrected chi connectivity index (χ0v) is 10.5. The van der Waals surface area contributed by atoms with E-state index in [0.29, 0.717) is 0 Å². The lowest BCUT2D eigenvalue weighted by atomic mass is 10.1. The molecule has 0 radical (unpaired) electrons. The van der Waals surface area contributed by atoms with Gasteiger partial charge < -0.3 is 4.74 Å². The molecule has 0 amide bonds. The zero-order chi connectivity index (χ0) is 13.2. The summed E-state index contributed by atoms with van der Waals surface area (Å²) in [6.45, 7) is 0. The maximum absolute atomic E-state index is 12.0. The summed E-state index contributed by atoms with van der Waals surface area (Å²) in [4.78, 5) is 0.946. The van der Waals surface area contributed by atoms with E-state index >= 15 is 0 Å². The molecule has 1 unspecified atom stereocenters. The van der Waals surface area contributed by atoms with Crippen LogP contribution in [0.4, 0.5) is 13.2 Å². The molecule has 6 heteroatoms. The summed E-state index contributed by atoms with van der Waals surface area (Å²) in [5, 5.41) is 1.54. The third kappa shape index (κ3) is 3.40. The van der Waals surface area contributed by atoms with Crippen LogP contribution < -0.4 is 4.74 Å². The predicted octanol–water partition coefficient (Wildman–Crippen LogP) is 4.97. The summed E-state index contributed by atoms with van der Waals surface area (Å²) in [5.41, 5.74) is 0.730. The van der Waals surface area contributed by atoms with Crippen LogP contribution in [0.3, 0.4) is 0 Å². The van der Waals surface area contributed by atoms with Gasteiger partial charge in [0, 0.05) is 4.88 Å². The first kappa shape index (κ1) is 13.2. The molecule has 1 heterocycles. The van der Waals surface area contributed by atoms with Crippen molar-refractivity contribution >= 4 is 22.9 Å². The Labute approximate surface area is 111 Å². The van der Waals surface area contributed by atoms with Gasteiger partial charge in [0.1, 0.15) is 5.75 Å². The van der Waals surface area contributed by atoms with Crippen LogP contribution in [0.25, 0.3) is 0 Å². The van der Waals surface area contributed by atoms with E-state index in [-0.39, 0.29) is 11.1 Å². The molecule has 0 aliphatic heterocycles. The lowest BCUT2D eigenvalue weighted by Gasteiger charge is -2.11. The maximum Gasteiger partial charge on any atom is 0.573 e. The molecule has 0 saturated carbocycles. The molecule has 0 aliphatic carbocycles. The first-order valence-corrected chi connectivity index (χ1v) is 6.30. The van der Waals surface area contributed by atoms with Gasteiger partial charge in [-0.15, -0.1) is 36.1 Å². The van der Waals surface area contributed by atoms with Crippen LogP contribution >= 0.6 is 22.9 Å². The van der Waals surface area contributed by atoms with Gasteiger partial charge in [-0.05, 0) is 29.1 Å². The highest BCUT2D eigenvalue weighted by Crippen LogP contribution is 2.33. The monoisotopic (exact) mass is 292 g/mol. The number of rotatable bonds is 3. The minimum Gasteiger partial charge on any atom is -0.406 e. The van der Waals surface area contributed by atoms with E-state index in [1.54, 1.807) is 0 Å². The fourth-order valence-electron chi connectivity index (χ4n) is 1.44. The number of alkyl halides is 4. The molecule has 96 valence electrons. The normalized spacial score (nSPS) is 13.3. The van der Waals surface area contributed by atoms with Crippen molar-refractivity contribution in [2.75, 3.05) is 0 Å². The van der Waals surface area contributed by atoms with Gasteiger partial charge in [0.05, 0.1) is 5.38 Å². The van der Waals surface area contributed by atoms with E-state index in [9.17, 15) is 13.2 Å². The van der Waals surface area contributed by atoms with Crippen molar-refractivity contribution in [1.82, 2.24) is 0 Å². The van der Waals surface area contributed by atoms with Crippen LogP contribution in [-0.4, -0.2) is 6.36 Å². The van der Waals surface area contributed by atoms with Crippen LogP contribution in [0.2, 0.25) is 0 Å². The summed E-state index contributed by atoms with van der Waals surface area (Å²) in [6, 6.07) is 9.31. The second-order valence-corrected chi connectivity index (χ2v) is 4.91. The van der Waals surface area contributed by atoms with Crippen LogP contribution in [0.5, 0.6) is 5.75 Å². The molecular weight excluding hydrogens is 285 g/mol. The second kappa shape index (κ2) is 5.20. The van der Waals surface area contributed by atoms with Gasteiger partial charge in [0.2, 0.25) is 0 Å². The lowest BCUT2D eigenvalue weighted by molar-refractivity contribution is -0.274. The Morgan fingerprint density at radius 2 is 1.78 bits per heavy atom. The quantitative estimate of drug-likeness (QED) is 0.725. The van der Waals surface area contributed by atoms with Crippen LogP contribution in [-0.2, 0) is 0 Å². The summed E-state index contributed by atoms with van der Waals surface area (Å²) >= 11 is 7.70. The molecule has 0 aliphatic rings. The van der Waals surface area contributed by atoms with Gasteiger partial charge in [-0.1, -0.05) is 18.2 Å². The van der Waals surface area contributed by atoms with Gasteiger partial charge in [-0.25, -0.2) is 0 Å². The SMILES string of the molecule is FC(F)(F)Oc1ccc(C(Cl)c2cccs2)cc1. The molecule has 0 N–H and O–H groups in total. The Morgan fingerprint density at radius 3 is 2.28 bits per heavy atom. The Kier molecular flexibility index (Phi) is 3.82. The molecule has 18 heavy (non-hydrogen) atoms. The molecule has 2 rings (SSSR count). The van der Waals surface area contributed by atoms with Crippen molar-refractivity contribution in [3.8, 4) is 5.75 Å². The van der Waals surface area contributed by atoms with Crippen molar-refractivity contribution in [3.05, 3.63) is 52.2 Å². The van der Waals surface area contributed by atoms with E-state index in [1.807, 2.05) is 17.5 Å². The Hall–Kier alpha value is -1.20. The highest BCUT2D eigenvalue weighted by atomic mass is 35.5. The molecule has 2 aromatic rings. The van der Waals surface area contributed by atoms with Crippen molar-refractivity contribution < 1.29 is 17.9 Å². The van der Waals surface area contributed by atoms with E-state index in [2.05, 4.69) is 4.74 Å². The third-order valence-electron chi connectivity index (χ3n) is 2.20. The molecule has 1 nitrogen and oxygen atoms in total. The zero-order valence-electron chi connectivity index (χ0n) is 8.95. The summed E-state index contributed by atoms with van der Waals surface area (Å²) < 4.78 is 39.7. The Morgan fingerprint density at radius 1 is 1.11 bits per heavy atom. The van der Waals surface area contributed by atoms with Crippen LogP contribution in [0, 0.1) is 0 Å². The van der Waals surface area contributed by atoms with Crippen molar-refractivity contribution in [3.63, 3.8) is 0 Å². The fraction of sp³-hybridized carbons (Fsp3) is 0.167. The standard InChI is InChI=1S/C12H8ClF3OS/c13-11(10-2-1-7-18-10)8-3-5-9(6-4-8)17-12(14,15)16/h1-7,11H. The number of thiophene rings is 1. The van der Waals surface area contributed by atoms with E-state index in [0.717, 1.165) is 10.4 Å². The molecule has 0 saturated heterocycles. The Balaban J connectivity index is 2.13. The number of hydrogen-bond acceptors (Lipinski definition) is 2. The van der Waals surface area contributed by atoms with Crippen LogP contribution in [0.1, 0.15) is 15.8 Å². The second-order valence-electron chi connectivity index (χ2n) is 3.49. The Bertz CT molecular complexity index is 493. The highest BCUT2D eigenvalue weighted by Gasteiger charge is 2.31. The van der Waals surface area contributed by atoms with Crippen molar-refractivity contribution in [1.29, 1.82) is 0 Å². The van der Waals surface area contributed by atoms with Gasteiger partial charge in [0.15, 0.2) is 0 Å². The first-order valence-electron chi connectivity index (χ1n) is 4.99. The van der Waals surface area contributed by atoms with Gasteiger partial charge in [0.25, 0.3) is 0 Å². The molecule has 1 aromatic heterocycles. The molecule has 0 bridgehead atoms. The first-order chi connectivity index (χ1) is 8.46. The largest absolute Gasteiger partial charge is 0.573 e. The molecule has 0 fully saturated rings. The smallest absolute Gasteiger partial charge is 0.406 e. The summed E-state index contributed by atoms with van der Waals surface area (Å²) in [5.74, 6) is -0.249. The van der Waals surface area contributed by atoms with E-state index in [1.165, 1.54) is 35.6 Å². The maximum atomic E-state index is 12.0. The number of ether oxygens (including phenoxy) is 1. The summed E-state index contributed by atoms with van der Waals surface area (Å²) in [7, 11) is 0. The van der Waals surface area contributed by atoms with Gasteiger partial charge in [-0.2, -0.15) is 0 Å². The lowest BCUT2D eigenvalue weighted by Crippen LogP contribution is -2.17. The molecule has 1 atom stereocenters. The average molecular weight is 293 g/mol. The number of benzene rings is 1. The molecular formula is C12H8ClF3OS. The minimum atomic E-state index is -4.67. The highest BCUT2D eigenvalue weighted by molar-refractivity contribution is 7.10.